The number of carbonyl (C=O) groups excluding carboxylic acids is 4. The summed E-state index contributed by atoms with van der Waals surface area (Å²) in [7, 11) is 0. The van der Waals surface area contributed by atoms with Gasteiger partial charge in [0, 0.05) is 11.3 Å². The summed E-state index contributed by atoms with van der Waals surface area (Å²) in [6.07, 6.45) is 0.507. The van der Waals surface area contributed by atoms with Crippen LogP contribution in [0.5, 0.6) is 5.75 Å². The second kappa shape index (κ2) is 12.1. The van der Waals surface area contributed by atoms with Crippen molar-refractivity contribution in [3.63, 3.8) is 0 Å². The Hall–Kier alpha value is -5.93. The minimum atomic E-state index is -1.29. The van der Waals surface area contributed by atoms with Crippen LogP contribution in [0.1, 0.15) is 42.4 Å². The predicted molar refractivity (Wildman–Crippen MR) is 139 cm³/mol. The highest BCUT2D eigenvalue weighted by atomic mass is 16.6. The van der Waals surface area contributed by atoms with Crippen LogP contribution in [-0.4, -0.2) is 29.0 Å². The van der Waals surface area contributed by atoms with Gasteiger partial charge in [0.25, 0.3) is 5.91 Å². The van der Waals surface area contributed by atoms with Crippen LogP contribution in [0.3, 0.4) is 0 Å². The Balaban J connectivity index is 1.51. The molecule has 1 aromatic heterocycles. The quantitative estimate of drug-likeness (QED) is 0.0878. The van der Waals surface area contributed by atoms with E-state index in [9.17, 15) is 29.5 Å². The Labute approximate surface area is 226 Å². The van der Waals surface area contributed by atoms with Crippen LogP contribution in [0.4, 0.5) is 10.5 Å². The molecule has 40 heavy (non-hydrogen) atoms. The fourth-order valence-electron chi connectivity index (χ4n) is 3.70. The van der Waals surface area contributed by atoms with Gasteiger partial charge in [-0.1, -0.05) is 42.5 Å². The minimum absolute atomic E-state index is 0.0731. The lowest BCUT2D eigenvalue weighted by Crippen LogP contribution is -2.32. The third-order valence-electron chi connectivity index (χ3n) is 5.54. The van der Waals surface area contributed by atoms with Crippen molar-refractivity contribution in [2.75, 3.05) is 5.32 Å². The zero-order chi connectivity index (χ0) is 28.6. The van der Waals surface area contributed by atoms with Crippen molar-refractivity contribution < 1.29 is 38.2 Å². The topological polar surface area (TPSA) is 194 Å². The van der Waals surface area contributed by atoms with Gasteiger partial charge in [0.2, 0.25) is 5.76 Å². The van der Waals surface area contributed by atoms with Gasteiger partial charge in [-0.3, -0.25) is 15.5 Å². The molecule has 0 radical (unpaired) electrons. The molecular formula is C28H20N4O8. The number of rotatable bonds is 7. The average molecular weight is 540 g/mol. The summed E-state index contributed by atoms with van der Waals surface area (Å²) in [6.45, 7) is 0.0731. The van der Waals surface area contributed by atoms with Crippen LogP contribution in [0, 0.1) is 11.3 Å². The summed E-state index contributed by atoms with van der Waals surface area (Å²) in [5.41, 5.74) is 2.04. The molecule has 4 aromatic rings. The number of phenols is 1. The number of nitrogen functional groups attached to an aromatic ring is 1. The van der Waals surface area contributed by atoms with Crippen molar-refractivity contribution in [1.82, 2.24) is 5.43 Å². The Morgan fingerprint density at radius 3 is 2.48 bits per heavy atom. The molecule has 0 saturated heterocycles. The van der Waals surface area contributed by atoms with Crippen molar-refractivity contribution in [2.45, 2.75) is 6.61 Å². The third kappa shape index (κ3) is 5.96. The van der Waals surface area contributed by atoms with Crippen molar-refractivity contribution >= 4 is 29.6 Å². The number of benzene rings is 3. The first-order valence-electron chi connectivity index (χ1n) is 11.5. The van der Waals surface area contributed by atoms with E-state index in [1.807, 2.05) is 30.3 Å². The number of nitrogens with zero attached hydrogens (tertiary/aromatic N) is 1. The zero-order valence-corrected chi connectivity index (χ0v) is 20.5. The van der Waals surface area contributed by atoms with E-state index in [-0.39, 0.29) is 17.9 Å². The van der Waals surface area contributed by atoms with Gasteiger partial charge in [0.05, 0.1) is 17.4 Å². The van der Waals surface area contributed by atoms with E-state index >= 15 is 0 Å². The fourth-order valence-corrected chi connectivity index (χ4v) is 3.70. The molecule has 2 amide bonds. The number of esters is 2. The van der Waals surface area contributed by atoms with Crippen LogP contribution in [0.15, 0.2) is 83.5 Å². The number of nitrogens with one attached hydrogen (secondary N) is 2. The monoisotopic (exact) mass is 540 g/mol. The van der Waals surface area contributed by atoms with E-state index in [2.05, 4.69) is 5.32 Å². The third-order valence-corrected chi connectivity index (χ3v) is 5.54. The molecule has 0 bridgehead atoms. The first-order chi connectivity index (χ1) is 19.3. The molecule has 0 unspecified atom stereocenters. The molecule has 0 aliphatic rings. The standard InChI is InChI=1S/C28H20N4O8/c29-14-21-22(33)10-9-20(23(21)25(34)32-30)26(35)40-27(36)24-19(11-12-38-24)17-7-4-8-18(13-17)31-28(37)39-15-16-5-2-1-3-6-16/h1-13,33H,15,30H2,(H,31,37)(H,32,34). The summed E-state index contributed by atoms with van der Waals surface area (Å²) in [4.78, 5) is 50.1. The Kier molecular flexibility index (Phi) is 8.19. The Bertz CT molecular complexity index is 1640. The van der Waals surface area contributed by atoms with Gasteiger partial charge in [-0.05, 0) is 41.5 Å². The lowest BCUT2D eigenvalue weighted by atomic mass is 10.00. The molecule has 5 N–H and O–H groups in total. The number of nitriles is 1. The molecule has 0 aliphatic heterocycles. The first kappa shape index (κ1) is 27.1. The van der Waals surface area contributed by atoms with Gasteiger partial charge in [0.1, 0.15) is 24.0 Å². The van der Waals surface area contributed by atoms with Gasteiger partial charge in [-0.15, -0.1) is 0 Å². The molecule has 12 heteroatoms. The number of aromatic hydroxyl groups is 1. The molecule has 0 atom stereocenters. The lowest BCUT2D eigenvalue weighted by molar-refractivity contribution is 0.0374. The number of nitrogens with two attached hydrogens (primary N) is 1. The second-order valence-electron chi connectivity index (χ2n) is 8.08. The highest BCUT2D eigenvalue weighted by molar-refractivity contribution is 6.11. The maximum Gasteiger partial charge on any atom is 0.411 e. The van der Waals surface area contributed by atoms with E-state index in [1.54, 1.807) is 35.8 Å². The van der Waals surface area contributed by atoms with Crippen LogP contribution in [0.25, 0.3) is 11.1 Å². The second-order valence-corrected chi connectivity index (χ2v) is 8.08. The summed E-state index contributed by atoms with van der Waals surface area (Å²) >= 11 is 0. The molecule has 4 rings (SSSR count). The Morgan fingerprint density at radius 2 is 1.75 bits per heavy atom. The smallest absolute Gasteiger partial charge is 0.411 e. The SMILES string of the molecule is N#Cc1c(O)ccc(C(=O)OC(=O)c2occc2-c2cccc(NC(=O)OCc3ccccc3)c2)c1C(=O)NN. The highest BCUT2D eigenvalue weighted by Crippen LogP contribution is 2.29. The van der Waals surface area contributed by atoms with Gasteiger partial charge in [-0.2, -0.15) is 5.26 Å². The van der Waals surface area contributed by atoms with Crippen molar-refractivity contribution in [1.29, 1.82) is 5.26 Å². The molecule has 12 nitrogen and oxygen atoms in total. The maximum absolute atomic E-state index is 12.9. The van der Waals surface area contributed by atoms with Gasteiger partial charge >= 0.3 is 18.0 Å². The summed E-state index contributed by atoms with van der Waals surface area (Å²) in [5.74, 6) is 0.668. The number of hydrazine groups is 1. The fraction of sp³-hybridized carbons (Fsp3) is 0.0357. The molecule has 1 heterocycles. The number of furan rings is 1. The first-order valence-corrected chi connectivity index (χ1v) is 11.5. The largest absolute Gasteiger partial charge is 0.507 e. The maximum atomic E-state index is 12.9. The van der Waals surface area contributed by atoms with E-state index < -0.39 is 46.4 Å². The summed E-state index contributed by atoms with van der Waals surface area (Å²) in [6, 6.07) is 20.6. The number of amides is 2. The number of hydrogen-bond donors (Lipinski definition) is 4. The lowest BCUT2D eigenvalue weighted by Gasteiger charge is -2.11. The predicted octanol–water partition coefficient (Wildman–Crippen LogP) is 3.87. The molecule has 0 aliphatic carbocycles. The normalized spacial score (nSPS) is 10.2. The van der Waals surface area contributed by atoms with E-state index in [4.69, 9.17) is 19.7 Å². The van der Waals surface area contributed by atoms with Crippen molar-refractivity contribution in [3.05, 3.63) is 107 Å². The molecule has 0 saturated carbocycles. The zero-order valence-electron chi connectivity index (χ0n) is 20.5. The van der Waals surface area contributed by atoms with Gasteiger partial charge in [0.15, 0.2) is 0 Å². The number of ether oxygens (including phenoxy) is 2. The molecule has 0 spiro atoms. The average Bonchev–Trinajstić information content (AvgIpc) is 3.46. The van der Waals surface area contributed by atoms with Crippen LogP contribution in [-0.2, 0) is 16.1 Å². The molecule has 3 aromatic carbocycles. The van der Waals surface area contributed by atoms with Crippen molar-refractivity contribution in [2.24, 2.45) is 5.84 Å². The summed E-state index contributed by atoms with van der Waals surface area (Å²) in [5, 5.41) is 21.8. The van der Waals surface area contributed by atoms with Gasteiger partial charge in [-0.25, -0.2) is 20.2 Å². The van der Waals surface area contributed by atoms with Gasteiger partial charge < -0.3 is 19.0 Å². The number of hydrogen-bond acceptors (Lipinski definition) is 10. The molecule has 0 fully saturated rings. The number of phenolic OH excluding ortho intramolecular Hbond substituents is 1. The molecular weight excluding hydrogens is 520 g/mol. The van der Waals surface area contributed by atoms with Crippen LogP contribution < -0.4 is 16.6 Å². The van der Waals surface area contributed by atoms with Crippen LogP contribution >= 0.6 is 0 Å². The highest BCUT2D eigenvalue weighted by Gasteiger charge is 2.28. The minimum Gasteiger partial charge on any atom is -0.507 e. The van der Waals surface area contributed by atoms with E-state index in [0.717, 1.165) is 17.7 Å². The summed E-state index contributed by atoms with van der Waals surface area (Å²) < 4.78 is 15.4. The Morgan fingerprint density at radius 1 is 0.975 bits per heavy atom. The number of anilines is 1. The van der Waals surface area contributed by atoms with E-state index in [0.29, 0.717) is 11.3 Å². The molecule has 200 valence electrons. The number of carbonyl (C=O) groups is 4. The van der Waals surface area contributed by atoms with E-state index in [1.165, 1.54) is 12.3 Å². The van der Waals surface area contributed by atoms with Crippen molar-refractivity contribution in [3.8, 4) is 22.9 Å². The van der Waals surface area contributed by atoms with Crippen LogP contribution in [0.2, 0.25) is 0 Å².